The fourth-order valence-corrected chi connectivity index (χ4v) is 1.11. The number of hydrogen-bond acceptors (Lipinski definition) is 4. The molecule has 0 aliphatic heterocycles. The van der Waals surface area contributed by atoms with E-state index in [0.717, 1.165) is 0 Å². The second-order valence-corrected chi connectivity index (χ2v) is 2.66. The van der Waals surface area contributed by atoms with E-state index >= 15 is 0 Å². The minimum absolute atomic E-state index is 0.0126. The van der Waals surface area contributed by atoms with Crippen molar-refractivity contribution in [3.05, 3.63) is 35.8 Å². The lowest BCUT2D eigenvalue weighted by molar-refractivity contribution is -0.0710. The highest BCUT2D eigenvalue weighted by molar-refractivity contribution is 5.27. The van der Waals surface area contributed by atoms with Crippen LogP contribution in [0.15, 0.2) is 35.8 Å². The Balaban J connectivity index is 2.94. The standard InChI is InChI=1S/C9H12O4/c1-13-8-4-2-3-6(10)5-7(8)9(11)12/h2-5,7,9-12H,1H3. The first-order valence-electron chi connectivity index (χ1n) is 3.84. The summed E-state index contributed by atoms with van der Waals surface area (Å²) in [5.74, 6) is -0.336. The summed E-state index contributed by atoms with van der Waals surface area (Å²) in [4.78, 5) is 0. The van der Waals surface area contributed by atoms with Crippen LogP contribution in [-0.4, -0.2) is 28.7 Å². The zero-order valence-corrected chi connectivity index (χ0v) is 7.21. The molecule has 1 rings (SSSR count). The molecule has 4 nitrogen and oxygen atoms in total. The third-order valence-corrected chi connectivity index (χ3v) is 1.76. The molecule has 1 aliphatic carbocycles. The first kappa shape index (κ1) is 9.83. The molecule has 0 heterocycles. The van der Waals surface area contributed by atoms with Crippen molar-refractivity contribution in [3.8, 4) is 0 Å². The van der Waals surface area contributed by atoms with Gasteiger partial charge >= 0.3 is 0 Å². The molecule has 0 saturated heterocycles. The highest BCUT2D eigenvalue weighted by Gasteiger charge is 2.21. The molecule has 4 heteroatoms. The summed E-state index contributed by atoms with van der Waals surface area (Å²) in [6.45, 7) is 0. The molecule has 3 N–H and O–H groups in total. The van der Waals surface area contributed by atoms with Crippen LogP contribution in [0.2, 0.25) is 0 Å². The molecule has 0 bridgehead atoms. The topological polar surface area (TPSA) is 69.9 Å². The summed E-state index contributed by atoms with van der Waals surface area (Å²) < 4.78 is 4.93. The Labute approximate surface area is 76.1 Å². The maximum absolute atomic E-state index is 9.18. The summed E-state index contributed by atoms with van der Waals surface area (Å²) in [5, 5.41) is 27.1. The molecule has 1 atom stereocenters. The number of methoxy groups -OCH3 is 1. The van der Waals surface area contributed by atoms with E-state index < -0.39 is 12.2 Å². The largest absolute Gasteiger partial charge is 0.508 e. The summed E-state index contributed by atoms with van der Waals surface area (Å²) >= 11 is 0. The average Bonchev–Trinajstić information content (AvgIpc) is 2.26. The first-order chi connectivity index (χ1) is 6.15. The van der Waals surface area contributed by atoms with Gasteiger partial charge in [-0.15, -0.1) is 0 Å². The van der Waals surface area contributed by atoms with Gasteiger partial charge in [0.25, 0.3) is 0 Å². The molecule has 1 unspecified atom stereocenters. The molecule has 0 radical (unpaired) electrons. The predicted octanol–water partition coefficient (Wildman–Crippen LogP) is 0.455. The van der Waals surface area contributed by atoms with Crippen LogP contribution in [0, 0.1) is 5.92 Å². The van der Waals surface area contributed by atoms with Crippen LogP contribution in [0.5, 0.6) is 0 Å². The van der Waals surface area contributed by atoms with Gasteiger partial charge in [-0.05, 0) is 18.2 Å². The molecule has 0 spiro atoms. The Kier molecular flexibility index (Phi) is 3.11. The van der Waals surface area contributed by atoms with Gasteiger partial charge in [0.15, 0.2) is 6.29 Å². The van der Waals surface area contributed by atoms with Gasteiger partial charge < -0.3 is 20.1 Å². The molecular weight excluding hydrogens is 172 g/mol. The summed E-state index contributed by atoms with van der Waals surface area (Å²) in [7, 11) is 1.44. The molecule has 0 fully saturated rings. The third kappa shape index (κ3) is 2.34. The number of allylic oxidation sites excluding steroid dienone is 3. The Hall–Kier alpha value is -1.26. The lowest BCUT2D eigenvalue weighted by Crippen LogP contribution is -2.20. The summed E-state index contributed by atoms with van der Waals surface area (Å²) in [5.41, 5.74) is 0. The van der Waals surface area contributed by atoms with Crippen molar-refractivity contribution < 1.29 is 20.1 Å². The van der Waals surface area contributed by atoms with E-state index in [9.17, 15) is 5.11 Å². The SMILES string of the molecule is COC1=CC=CC(O)=CC1C(O)O. The fourth-order valence-electron chi connectivity index (χ4n) is 1.11. The van der Waals surface area contributed by atoms with E-state index in [1.54, 1.807) is 12.2 Å². The van der Waals surface area contributed by atoms with E-state index in [-0.39, 0.29) is 5.76 Å². The van der Waals surface area contributed by atoms with Crippen molar-refractivity contribution in [2.45, 2.75) is 6.29 Å². The molecule has 1 aliphatic rings. The number of ether oxygens (including phenoxy) is 1. The van der Waals surface area contributed by atoms with Crippen LogP contribution in [-0.2, 0) is 4.74 Å². The number of aliphatic hydroxyl groups excluding tert-OH is 2. The molecule has 0 aromatic heterocycles. The Morgan fingerprint density at radius 2 is 2.15 bits per heavy atom. The van der Waals surface area contributed by atoms with Gasteiger partial charge in [-0.2, -0.15) is 0 Å². The highest BCUT2D eigenvalue weighted by atomic mass is 16.5. The van der Waals surface area contributed by atoms with Gasteiger partial charge in [0.2, 0.25) is 0 Å². The van der Waals surface area contributed by atoms with Crippen molar-refractivity contribution in [2.24, 2.45) is 5.92 Å². The van der Waals surface area contributed by atoms with E-state index in [4.69, 9.17) is 14.9 Å². The molecular formula is C9H12O4. The zero-order valence-electron chi connectivity index (χ0n) is 7.21. The predicted molar refractivity (Wildman–Crippen MR) is 46.7 cm³/mol. The molecule has 0 amide bonds. The molecule has 0 aromatic rings. The number of hydrogen-bond donors (Lipinski definition) is 3. The number of aliphatic hydroxyl groups is 3. The van der Waals surface area contributed by atoms with Crippen LogP contribution in [0.25, 0.3) is 0 Å². The van der Waals surface area contributed by atoms with E-state index in [1.165, 1.54) is 19.3 Å². The lowest BCUT2D eigenvalue weighted by atomic mass is 10.1. The van der Waals surface area contributed by atoms with E-state index in [0.29, 0.717) is 5.76 Å². The molecule has 13 heavy (non-hydrogen) atoms. The second-order valence-electron chi connectivity index (χ2n) is 2.66. The first-order valence-corrected chi connectivity index (χ1v) is 3.84. The van der Waals surface area contributed by atoms with Crippen LogP contribution in [0.1, 0.15) is 0 Å². The van der Waals surface area contributed by atoms with Gasteiger partial charge in [-0.25, -0.2) is 0 Å². The summed E-state index contributed by atoms with van der Waals surface area (Å²) in [6, 6.07) is 0. The minimum atomic E-state index is -1.58. The molecule has 0 aromatic carbocycles. The minimum Gasteiger partial charge on any atom is -0.508 e. The fraction of sp³-hybridized carbons (Fsp3) is 0.333. The Bertz CT molecular complexity index is 263. The summed E-state index contributed by atoms with van der Waals surface area (Å²) in [6.07, 6.45) is 4.34. The van der Waals surface area contributed by atoms with E-state index in [1.807, 2.05) is 0 Å². The monoisotopic (exact) mass is 184 g/mol. The highest BCUT2D eigenvalue weighted by Crippen LogP contribution is 2.20. The lowest BCUT2D eigenvalue weighted by Gasteiger charge is -2.16. The van der Waals surface area contributed by atoms with Gasteiger partial charge in [-0.1, -0.05) is 6.08 Å². The molecule has 72 valence electrons. The Morgan fingerprint density at radius 1 is 1.46 bits per heavy atom. The van der Waals surface area contributed by atoms with E-state index in [2.05, 4.69) is 0 Å². The maximum atomic E-state index is 9.18. The van der Waals surface area contributed by atoms with Crippen molar-refractivity contribution in [1.29, 1.82) is 0 Å². The van der Waals surface area contributed by atoms with Crippen LogP contribution in [0.3, 0.4) is 0 Å². The normalized spacial score (nSPS) is 22.3. The Morgan fingerprint density at radius 3 is 2.69 bits per heavy atom. The number of rotatable bonds is 2. The van der Waals surface area contributed by atoms with Crippen LogP contribution < -0.4 is 0 Å². The van der Waals surface area contributed by atoms with Crippen molar-refractivity contribution >= 4 is 0 Å². The van der Waals surface area contributed by atoms with Gasteiger partial charge in [0, 0.05) is 0 Å². The smallest absolute Gasteiger partial charge is 0.165 e. The van der Waals surface area contributed by atoms with Crippen molar-refractivity contribution in [1.82, 2.24) is 0 Å². The quantitative estimate of drug-likeness (QED) is 0.545. The second kappa shape index (κ2) is 4.11. The molecule has 0 saturated carbocycles. The van der Waals surface area contributed by atoms with Crippen LogP contribution in [0.4, 0.5) is 0 Å². The van der Waals surface area contributed by atoms with Crippen LogP contribution >= 0.6 is 0 Å². The van der Waals surface area contributed by atoms with Crippen molar-refractivity contribution in [3.63, 3.8) is 0 Å². The average molecular weight is 184 g/mol. The van der Waals surface area contributed by atoms with Gasteiger partial charge in [-0.3, -0.25) is 0 Å². The third-order valence-electron chi connectivity index (χ3n) is 1.76. The van der Waals surface area contributed by atoms with Crippen molar-refractivity contribution in [2.75, 3.05) is 7.11 Å². The zero-order chi connectivity index (χ0) is 9.84. The maximum Gasteiger partial charge on any atom is 0.165 e. The van der Waals surface area contributed by atoms with Gasteiger partial charge in [0.05, 0.1) is 13.0 Å². The van der Waals surface area contributed by atoms with Gasteiger partial charge in [0.1, 0.15) is 11.5 Å².